The van der Waals surface area contributed by atoms with Gasteiger partial charge in [-0.2, -0.15) is 4.99 Å². The number of nitrogens with zero attached hydrogens (tertiary/aromatic N) is 2. The third-order valence-corrected chi connectivity index (χ3v) is 2.81. The van der Waals surface area contributed by atoms with E-state index in [1.165, 1.54) is 11.8 Å². The summed E-state index contributed by atoms with van der Waals surface area (Å²) in [5.41, 5.74) is 0. The van der Waals surface area contributed by atoms with E-state index in [9.17, 15) is 4.79 Å². The first kappa shape index (κ1) is 10.9. The van der Waals surface area contributed by atoms with Crippen LogP contribution < -0.4 is 0 Å². The van der Waals surface area contributed by atoms with Gasteiger partial charge in [-0.05, 0) is 6.26 Å². The largest absolute Gasteiger partial charge is 0.349 e. The van der Waals surface area contributed by atoms with Crippen LogP contribution in [0.4, 0.5) is 0 Å². The highest BCUT2D eigenvalue weighted by Gasteiger charge is 2.24. The van der Waals surface area contributed by atoms with Gasteiger partial charge in [0, 0.05) is 19.0 Å². The molecule has 0 spiro atoms. The first-order chi connectivity index (χ1) is 6.19. The summed E-state index contributed by atoms with van der Waals surface area (Å²) in [5, 5.41) is 0.795. The van der Waals surface area contributed by atoms with Crippen molar-refractivity contribution in [3.8, 4) is 0 Å². The molecular formula is C8H13ClN2OS. The van der Waals surface area contributed by atoms with Crippen molar-refractivity contribution in [2.24, 2.45) is 10.9 Å². The fourth-order valence-electron chi connectivity index (χ4n) is 1.23. The second kappa shape index (κ2) is 4.86. The lowest BCUT2D eigenvalue weighted by molar-refractivity contribution is -0.122. The Balaban J connectivity index is 2.73. The van der Waals surface area contributed by atoms with E-state index < -0.39 is 0 Å². The normalized spacial score (nSPS) is 23.3. The molecule has 1 unspecified atom stereocenters. The van der Waals surface area contributed by atoms with Gasteiger partial charge in [-0.15, -0.1) is 11.6 Å². The van der Waals surface area contributed by atoms with Crippen LogP contribution in [0.1, 0.15) is 6.92 Å². The fraction of sp³-hybridized carbons (Fsp3) is 0.750. The van der Waals surface area contributed by atoms with Gasteiger partial charge in [-0.25, -0.2) is 0 Å². The number of hydrogen-bond acceptors (Lipinski definition) is 3. The first-order valence-electron chi connectivity index (χ1n) is 4.16. The molecule has 0 saturated carbocycles. The van der Waals surface area contributed by atoms with Gasteiger partial charge in [0.25, 0.3) is 5.91 Å². The molecule has 1 atom stereocenters. The van der Waals surface area contributed by atoms with Crippen molar-refractivity contribution >= 4 is 34.4 Å². The number of alkyl halides is 1. The van der Waals surface area contributed by atoms with Gasteiger partial charge in [0.05, 0.1) is 5.92 Å². The fourth-order valence-corrected chi connectivity index (χ4v) is 2.03. The summed E-state index contributed by atoms with van der Waals surface area (Å²) >= 11 is 7.15. The van der Waals surface area contributed by atoms with Crippen molar-refractivity contribution in [1.29, 1.82) is 0 Å². The molecule has 0 bridgehead atoms. The minimum Gasteiger partial charge on any atom is -0.349 e. The van der Waals surface area contributed by atoms with Crippen LogP contribution in [0.2, 0.25) is 0 Å². The standard InChI is InChI=1S/C8H13ClN2OS/c1-6-5-11(4-3-9)8(13-2)10-7(6)12/h6H,3-5H2,1-2H3. The minimum atomic E-state index is -0.0184. The monoisotopic (exact) mass is 220 g/mol. The van der Waals surface area contributed by atoms with Gasteiger partial charge < -0.3 is 4.90 Å². The van der Waals surface area contributed by atoms with E-state index in [2.05, 4.69) is 9.89 Å². The van der Waals surface area contributed by atoms with Gasteiger partial charge in [0.2, 0.25) is 0 Å². The third kappa shape index (κ3) is 2.61. The molecule has 1 amide bonds. The molecule has 0 aromatic heterocycles. The Kier molecular flexibility index (Phi) is 4.06. The molecule has 74 valence electrons. The Morgan fingerprint density at radius 3 is 3.00 bits per heavy atom. The zero-order valence-corrected chi connectivity index (χ0v) is 9.36. The topological polar surface area (TPSA) is 32.7 Å². The summed E-state index contributed by atoms with van der Waals surface area (Å²) in [6, 6.07) is 0. The van der Waals surface area contributed by atoms with Gasteiger partial charge >= 0.3 is 0 Å². The first-order valence-corrected chi connectivity index (χ1v) is 5.92. The maximum Gasteiger partial charge on any atom is 0.252 e. The van der Waals surface area contributed by atoms with Gasteiger partial charge in [0.15, 0.2) is 5.17 Å². The number of carbonyl (C=O) groups excluding carboxylic acids is 1. The summed E-state index contributed by atoms with van der Waals surface area (Å²) in [4.78, 5) is 17.3. The Morgan fingerprint density at radius 1 is 1.77 bits per heavy atom. The molecule has 0 radical (unpaired) electrons. The molecular weight excluding hydrogens is 208 g/mol. The lowest BCUT2D eigenvalue weighted by Gasteiger charge is -2.29. The predicted molar refractivity (Wildman–Crippen MR) is 57.4 cm³/mol. The summed E-state index contributed by atoms with van der Waals surface area (Å²) in [5.74, 6) is 0.551. The molecule has 0 aliphatic carbocycles. The molecule has 1 heterocycles. The molecule has 0 aromatic carbocycles. The number of amides is 1. The summed E-state index contributed by atoms with van der Waals surface area (Å²) in [6.45, 7) is 3.40. The number of rotatable bonds is 2. The predicted octanol–water partition coefficient (Wildman–Crippen LogP) is 1.42. The Labute approximate surface area is 87.5 Å². The maximum absolute atomic E-state index is 11.3. The van der Waals surface area contributed by atoms with E-state index in [-0.39, 0.29) is 11.8 Å². The van der Waals surface area contributed by atoms with Crippen molar-refractivity contribution in [2.45, 2.75) is 6.92 Å². The van der Waals surface area contributed by atoms with Crippen LogP contribution in [-0.4, -0.2) is 41.2 Å². The molecule has 1 aliphatic rings. The molecule has 0 fully saturated rings. The van der Waals surface area contributed by atoms with Crippen molar-refractivity contribution < 1.29 is 4.79 Å². The molecule has 0 saturated heterocycles. The quantitative estimate of drug-likeness (QED) is 0.660. The Bertz CT molecular complexity index is 232. The van der Waals surface area contributed by atoms with Crippen LogP contribution in [0.25, 0.3) is 0 Å². The number of thioether (sulfide) groups is 1. The lowest BCUT2D eigenvalue weighted by atomic mass is 10.1. The highest BCUT2D eigenvalue weighted by molar-refractivity contribution is 8.13. The van der Waals surface area contributed by atoms with E-state index in [4.69, 9.17) is 11.6 Å². The summed E-state index contributed by atoms with van der Waals surface area (Å²) in [6.07, 6.45) is 1.92. The number of halogens is 1. The highest BCUT2D eigenvalue weighted by atomic mass is 35.5. The number of amidine groups is 1. The van der Waals surface area contributed by atoms with Gasteiger partial charge in [0.1, 0.15) is 0 Å². The zero-order valence-electron chi connectivity index (χ0n) is 7.79. The molecule has 0 aromatic rings. The van der Waals surface area contributed by atoms with Crippen molar-refractivity contribution in [3.63, 3.8) is 0 Å². The van der Waals surface area contributed by atoms with Crippen LogP contribution >= 0.6 is 23.4 Å². The maximum atomic E-state index is 11.3. The van der Waals surface area contributed by atoms with Crippen LogP contribution in [0.5, 0.6) is 0 Å². The molecule has 1 rings (SSSR count). The van der Waals surface area contributed by atoms with E-state index in [0.717, 1.165) is 18.3 Å². The van der Waals surface area contributed by atoms with Crippen LogP contribution in [0, 0.1) is 5.92 Å². The summed E-state index contributed by atoms with van der Waals surface area (Å²) in [7, 11) is 0. The zero-order chi connectivity index (χ0) is 9.84. The molecule has 5 heteroatoms. The minimum absolute atomic E-state index is 0.000818. The van der Waals surface area contributed by atoms with Crippen molar-refractivity contribution in [2.75, 3.05) is 25.2 Å². The smallest absolute Gasteiger partial charge is 0.252 e. The van der Waals surface area contributed by atoms with Crippen LogP contribution in [-0.2, 0) is 4.79 Å². The van der Waals surface area contributed by atoms with Gasteiger partial charge in [-0.1, -0.05) is 18.7 Å². The molecule has 3 nitrogen and oxygen atoms in total. The van der Waals surface area contributed by atoms with Gasteiger partial charge in [-0.3, -0.25) is 4.79 Å². The average molecular weight is 221 g/mol. The third-order valence-electron chi connectivity index (χ3n) is 1.93. The van der Waals surface area contributed by atoms with Crippen LogP contribution in [0.3, 0.4) is 0 Å². The van der Waals surface area contributed by atoms with E-state index in [0.29, 0.717) is 5.88 Å². The number of aliphatic imine (C=N–C) groups is 1. The molecule has 13 heavy (non-hydrogen) atoms. The number of hydrogen-bond donors (Lipinski definition) is 0. The number of carbonyl (C=O) groups is 1. The van der Waals surface area contributed by atoms with Crippen molar-refractivity contribution in [1.82, 2.24) is 4.90 Å². The lowest BCUT2D eigenvalue weighted by Crippen LogP contribution is -2.41. The highest BCUT2D eigenvalue weighted by Crippen LogP contribution is 2.16. The average Bonchev–Trinajstić information content (AvgIpc) is 2.11. The molecule has 1 aliphatic heterocycles. The Hall–Kier alpha value is -0.220. The van der Waals surface area contributed by atoms with Crippen molar-refractivity contribution in [3.05, 3.63) is 0 Å². The Morgan fingerprint density at radius 2 is 2.46 bits per heavy atom. The van der Waals surface area contributed by atoms with E-state index in [1.807, 2.05) is 13.2 Å². The second-order valence-electron chi connectivity index (χ2n) is 2.97. The summed E-state index contributed by atoms with van der Waals surface area (Å²) < 4.78 is 0. The molecule has 0 N–H and O–H groups in total. The van der Waals surface area contributed by atoms with E-state index in [1.54, 1.807) is 0 Å². The second-order valence-corrected chi connectivity index (χ2v) is 4.12. The van der Waals surface area contributed by atoms with Crippen LogP contribution in [0.15, 0.2) is 4.99 Å². The van der Waals surface area contributed by atoms with E-state index >= 15 is 0 Å². The SMILES string of the molecule is CSC1=NC(=O)C(C)CN1CCCl.